The van der Waals surface area contributed by atoms with Gasteiger partial charge in [0.2, 0.25) is 10.0 Å². The number of benzene rings is 1. The Labute approximate surface area is 158 Å². The number of amides is 1. The summed E-state index contributed by atoms with van der Waals surface area (Å²) in [6, 6.07) is 5.56. The fourth-order valence-electron chi connectivity index (χ4n) is 2.34. The largest absolute Gasteiger partial charge is 0.307 e. The number of carbonyl (C=O) groups excluding carboxylic acids is 1. The van der Waals surface area contributed by atoms with Gasteiger partial charge in [-0.1, -0.05) is 18.5 Å². The van der Waals surface area contributed by atoms with E-state index in [0.29, 0.717) is 5.82 Å². The molecule has 2 aromatic rings. The summed E-state index contributed by atoms with van der Waals surface area (Å²) in [6.07, 6.45) is 2.44. The van der Waals surface area contributed by atoms with Crippen molar-refractivity contribution in [2.75, 3.05) is 5.32 Å². The molecule has 2 rings (SSSR count). The van der Waals surface area contributed by atoms with Crippen molar-refractivity contribution in [3.63, 3.8) is 0 Å². The van der Waals surface area contributed by atoms with Crippen molar-refractivity contribution >= 4 is 33.3 Å². The number of anilines is 1. The Kier molecular flexibility index (Phi) is 6.44. The third kappa shape index (κ3) is 4.63. The second kappa shape index (κ2) is 8.20. The van der Waals surface area contributed by atoms with Crippen LogP contribution in [-0.2, 0) is 10.0 Å². The lowest BCUT2D eigenvalue weighted by molar-refractivity contribution is 0.102. The molecule has 142 valence electrons. The van der Waals surface area contributed by atoms with Crippen molar-refractivity contribution in [3.05, 3.63) is 41.0 Å². The molecule has 0 aliphatic carbocycles. The zero-order valence-electron chi connectivity index (χ0n) is 15.2. The van der Waals surface area contributed by atoms with Gasteiger partial charge < -0.3 is 5.32 Å². The second-order valence-electron chi connectivity index (χ2n) is 6.29. The van der Waals surface area contributed by atoms with E-state index < -0.39 is 15.9 Å². The SMILES string of the molecule is CCC(C)n1nccc1NC(=O)c1cc(S(=O)(=O)NC(C)C)ccc1Cl. The molecule has 0 saturated carbocycles. The topological polar surface area (TPSA) is 93.1 Å². The van der Waals surface area contributed by atoms with Crippen LogP contribution in [0, 0.1) is 0 Å². The quantitative estimate of drug-likeness (QED) is 0.746. The van der Waals surface area contributed by atoms with E-state index in [2.05, 4.69) is 15.1 Å². The summed E-state index contributed by atoms with van der Waals surface area (Å²) in [4.78, 5) is 12.6. The first-order valence-corrected chi connectivity index (χ1v) is 10.2. The van der Waals surface area contributed by atoms with Gasteiger partial charge in [-0.3, -0.25) is 4.79 Å². The number of hydrogen-bond acceptors (Lipinski definition) is 4. The van der Waals surface area contributed by atoms with Gasteiger partial charge in [-0.25, -0.2) is 17.8 Å². The van der Waals surface area contributed by atoms with Crippen LogP contribution in [-0.4, -0.2) is 30.1 Å². The van der Waals surface area contributed by atoms with E-state index in [0.717, 1.165) is 6.42 Å². The van der Waals surface area contributed by atoms with E-state index in [1.807, 2.05) is 13.8 Å². The number of nitrogens with zero attached hydrogens (tertiary/aromatic N) is 2. The molecule has 26 heavy (non-hydrogen) atoms. The van der Waals surface area contributed by atoms with E-state index in [1.54, 1.807) is 30.8 Å². The third-order valence-electron chi connectivity index (χ3n) is 3.80. The fourth-order valence-corrected chi connectivity index (χ4v) is 3.83. The molecule has 1 unspecified atom stereocenters. The van der Waals surface area contributed by atoms with Gasteiger partial charge in [0.05, 0.1) is 27.7 Å². The minimum atomic E-state index is -3.73. The molecule has 0 aliphatic rings. The maximum Gasteiger partial charge on any atom is 0.258 e. The standard InChI is InChI=1S/C17H23ClN4O3S/c1-5-12(4)22-16(8-9-19-22)20-17(23)14-10-13(6-7-15(14)18)26(24,25)21-11(2)3/h6-12,21H,5H2,1-4H3,(H,20,23). The Morgan fingerprint density at radius 3 is 2.58 bits per heavy atom. The van der Waals surface area contributed by atoms with Crippen LogP contribution in [0.25, 0.3) is 0 Å². The second-order valence-corrected chi connectivity index (χ2v) is 8.41. The van der Waals surface area contributed by atoms with Crippen molar-refractivity contribution < 1.29 is 13.2 Å². The number of hydrogen-bond donors (Lipinski definition) is 2. The lowest BCUT2D eigenvalue weighted by Crippen LogP contribution is -2.30. The molecule has 0 saturated heterocycles. The summed E-state index contributed by atoms with van der Waals surface area (Å²) < 4.78 is 28.8. The Balaban J connectivity index is 2.33. The molecule has 0 fully saturated rings. The van der Waals surface area contributed by atoms with Gasteiger partial charge in [0, 0.05) is 12.1 Å². The van der Waals surface area contributed by atoms with Crippen LogP contribution >= 0.6 is 11.6 Å². The molecule has 1 aromatic heterocycles. The smallest absolute Gasteiger partial charge is 0.258 e. The van der Waals surface area contributed by atoms with Crippen molar-refractivity contribution in [1.29, 1.82) is 0 Å². The maximum absolute atomic E-state index is 12.6. The highest BCUT2D eigenvalue weighted by Crippen LogP contribution is 2.23. The molecule has 1 heterocycles. The molecule has 2 N–H and O–H groups in total. The molecule has 9 heteroatoms. The predicted molar refractivity (Wildman–Crippen MR) is 102 cm³/mol. The van der Waals surface area contributed by atoms with Crippen LogP contribution in [0.4, 0.5) is 5.82 Å². The molecule has 0 aliphatic heterocycles. The molecule has 1 aromatic carbocycles. The van der Waals surface area contributed by atoms with Crippen molar-refractivity contribution in [2.45, 2.75) is 51.1 Å². The molecule has 0 bridgehead atoms. The minimum Gasteiger partial charge on any atom is -0.307 e. The molecule has 1 amide bonds. The summed E-state index contributed by atoms with van der Waals surface area (Å²) in [7, 11) is -3.73. The highest BCUT2D eigenvalue weighted by atomic mass is 35.5. The van der Waals surface area contributed by atoms with Gasteiger partial charge in [-0.05, 0) is 45.4 Å². The van der Waals surface area contributed by atoms with Gasteiger partial charge in [0.25, 0.3) is 5.91 Å². The zero-order chi connectivity index (χ0) is 19.5. The lowest BCUT2D eigenvalue weighted by atomic mass is 10.2. The van der Waals surface area contributed by atoms with E-state index in [9.17, 15) is 13.2 Å². The Bertz CT molecular complexity index is 893. The molecular formula is C17H23ClN4O3S. The van der Waals surface area contributed by atoms with E-state index in [-0.39, 0.29) is 27.6 Å². The zero-order valence-corrected chi connectivity index (χ0v) is 16.7. The van der Waals surface area contributed by atoms with Gasteiger partial charge in [0.1, 0.15) is 5.82 Å². The first kappa shape index (κ1) is 20.4. The number of nitrogens with one attached hydrogen (secondary N) is 2. The normalized spacial score (nSPS) is 13.0. The minimum absolute atomic E-state index is 0.0174. The fraction of sp³-hybridized carbons (Fsp3) is 0.412. The number of carbonyl (C=O) groups is 1. The lowest BCUT2D eigenvalue weighted by Gasteiger charge is -2.15. The summed E-state index contributed by atoms with van der Waals surface area (Å²) in [5.41, 5.74) is 0.0789. The third-order valence-corrected chi connectivity index (χ3v) is 5.79. The van der Waals surface area contributed by atoms with Crippen molar-refractivity contribution in [2.24, 2.45) is 0 Å². The molecular weight excluding hydrogens is 376 g/mol. The molecule has 7 nitrogen and oxygen atoms in total. The van der Waals surface area contributed by atoms with Crippen molar-refractivity contribution in [1.82, 2.24) is 14.5 Å². The summed E-state index contributed by atoms with van der Waals surface area (Å²) in [5.74, 6) is 0.0237. The summed E-state index contributed by atoms with van der Waals surface area (Å²) >= 11 is 6.12. The van der Waals surface area contributed by atoms with Crippen LogP contribution in [0.1, 0.15) is 50.5 Å². The summed E-state index contributed by atoms with van der Waals surface area (Å²) in [5, 5.41) is 7.12. The van der Waals surface area contributed by atoms with Crippen LogP contribution in [0.15, 0.2) is 35.4 Å². The first-order chi connectivity index (χ1) is 12.2. The van der Waals surface area contributed by atoms with Crippen LogP contribution in [0.3, 0.4) is 0 Å². The van der Waals surface area contributed by atoms with Gasteiger partial charge in [-0.15, -0.1) is 0 Å². The number of aromatic nitrogens is 2. The Hall–Kier alpha value is -1.90. The van der Waals surface area contributed by atoms with E-state index >= 15 is 0 Å². The van der Waals surface area contributed by atoms with Gasteiger partial charge >= 0.3 is 0 Å². The monoisotopic (exact) mass is 398 g/mol. The first-order valence-electron chi connectivity index (χ1n) is 8.32. The Morgan fingerprint density at radius 2 is 1.96 bits per heavy atom. The predicted octanol–water partition coefficient (Wildman–Crippen LogP) is 3.45. The number of rotatable bonds is 7. The number of halogens is 1. The van der Waals surface area contributed by atoms with Gasteiger partial charge in [0.15, 0.2) is 0 Å². The van der Waals surface area contributed by atoms with Crippen molar-refractivity contribution in [3.8, 4) is 0 Å². The average Bonchev–Trinajstić information content (AvgIpc) is 3.01. The molecule has 0 radical (unpaired) electrons. The number of sulfonamides is 1. The maximum atomic E-state index is 12.6. The van der Waals surface area contributed by atoms with E-state index in [4.69, 9.17) is 11.6 Å². The molecule has 1 atom stereocenters. The Morgan fingerprint density at radius 1 is 1.27 bits per heavy atom. The summed E-state index contributed by atoms with van der Waals surface area (Å²) in [6.45, 7) is 7.44. The van der Waals surface area contributed by atoms with Crippen LogP contribution in [0.5, 0.6) is 0 Å². The van der Waals surface area contributed by atoms with Crippen LogP contribution in [0.2, 0.25) is 5.02 Å². The van der Waals surface area contributed by atoms with Gasteiger partial charge in [-0.2, -0.15) is 5.10 Å². The van der Waals surface area contributed by atoms with E-state index in [1.165, 1.54) is 18.2 Å². The van der Waals surface area contributed by atoms with Crippen LogP contribution < -0.4 is 10.0 Å². The average molecular weight is 399 g/mol. The highest BCUT2D eigenvalue weighted by Gasteiger charge is 2.20. The highest BCUT2D eigenvalue weighted by molar-refractivity contribution is 7.89. The molecule has 0 spiro atoms.